The summed E-state index contributed by atoms with van der Waals surface area (Å²) in [5, 5.41) is 13.1. The van der Waals surface area contributed by atoms with Gasteiger partial charge in [-0.2, -0.15) is 5.01 Å². The molecular weight excluding hydrogens is 450 g/mol. The van der Waals surface area contributed by atoms with Gasteiger partial charge >= 0.3 is 0 Å². The van der Waals surface area contributed by atoms with E-state index in [0.717, 1.165) is 28.9 Å². The molecule has 4 rings (SSSR count). The number of carbonyl (C=O) groups is 4. The number of non-ortho nitro benzene ring substituents is 1. The van der Waals surface area contributed by atoms with Gasteiger partial charge in [-0.1, -0.05) is 36.6 Å². The van der Waals surface area contributed by atoms with E-state index in [0.29, 0.717) is 17.9 Å². The molecule has 1 aliphatic carbocycles. The molecule has 2 aromatic rings. The second kappa shape index (κ2) is 9.11. The van der Waals surface area contributed by atoms with Crippen LogP contribution in [0.2, 0.25) is 5.02 Å². The van der Waals surface area contributed by atoms with Gasteiger partial charge in [-0.25, -0.2) is 5.01 Å². The number of benzene rings is 2. The monoisotopic (exact) mass is 469 g/mol. The average Bonchev–Trinajstić information content (AvgIpc) is 3.07. The molecule has 170 valence electrons. The summed E-state index contributed by atoms with van der Waals surface area (Å²) in [6.45, 7) is -0.625. The molecule has 0 bridgehead atoms. The van der Waals surface area contributed by atoms with Crippen molar-refractivity contribution >= 4 is 40.8 Å². The van der Waals surface area contributed by atoms with Gasteiger partial charge in [0.15, 0.2) is 5.78 Å². The highest BCUT2D eigenvalue weighted by atomic mass is 35.5. The summed E-state index contributed by atoms with van der Waals surface area (Å²) < 4.78 is 0. The number of nitrogens with zero attached hydrogens (tertiary/aromatic N) is 3. The number of imide groups is 1. The first-order valence-corrected chi connectivity index (χ1v) is 10.9. The van der Waals surface area contributed by atoms with Crippen molar-refractivity contribution in [1.82, 2.24) is 10.0 Å². The van der Waals surface area contributed by atoms with Crippen LogP contribution in [0.15, 0.2) is 48.5 Å². The zero-order chi connectivity index (χ0) is 23.7. The number of nitro groups is 1. The van der Waals surface area contributed by atoms with Crippen molar-refractivity contribution in [1.29, 1.82) is 0 Å². The number of halogens is 1. The molecule has 10 heteroatoms. The molecule has 1 heterocycles. The van der Waals surface area contributed by atoms with Gasteiger partial charge < -0.3 is 0 Å². The smallest absolute Gasteiger partial charge is 0.273 e. The highest BCUT2D eigenvalue weighted by Crippen LogP contribution is 2.39. The Morgan fingerprint density at radius 1 is 1.00 bits per heavy atom. The van der Waals surface area contributed by atoms with Crippen LogP contribution in [-0.4, -0.2) is 45.0 Å². The lowest BCUT2D eigenvalue weighted by Crippen LogP contribution is -2.52. The summed E-state index contributed by atoms with van der Waals surface area (Å²) >= 11 is 5.90. The molecule has 0 unspecified atom stereocenters. The van der Waals surface area contributed by atoms with Crippen molar-refractivity contribution in [2.75, 3.05) is 6.54 Å². The number of carbonyl (C=O) groups excluding carboxylic acids is 4. The van der Waals surface area contributed by atoms with Gasteiger partial charge in [-0.15, -0.1) is 0 Å². The van der Waals surface area contributed by atoms with Crippen LogP contribution in [0.3, 0.4) is 0 Å². The Hall–Kier alpha value is -3.59. The first-order chi connectivity index (χ1) is 15.8. The highest BCUT2D eigenvalue weighted by molar-refractivity contribution is 6.30. The number of Topliss-reactive ketones (excluding diaryl/α,β-unsaturated/α-hetero) is 1. The number of rotatable bonds is 6. The molecule has 2 atom stereocenters. The maximum absolute atomic E-state index is 13.4. The second-order valence-electron chi connectivity index (χ2n) is 8.09. The quantitative estimate of drug-likeness (QED) is 0.276. The minimum absolute atomic E-state index is 0.00498. The van der Waals surface area contributed by atoms with Crippen molar-refractivity contribution in [3.63, 3.8) is 0 Å². The second-order valence-corrected chi connectivity index (χ2v) is 8.52. The summed E-state index contributed by atoms with van der Waals surface area (Å²) in [6.07, 6.45) is 2.72. The summed E-state index contributed by atoms with van der Waals surface area (Å²) in [6, 6.07) is 10.9. The van der Waals surface area contributed by atoms with Gasteiger partial charge in [-0.05, 0) is 37.1 Å². The third-order valence-electron chi connectivity index (χ3n) is 6.06. The largest absolute Gasteiger partial charge is 0.292 e. The fourth-order valence-electron chi connectivity index (χ4n) is 4.38. The first kappa shape index (κ1) is 22.6. The van der Waals surface area contributed by atoms with Crippen LogP contribution in [0, 0.1) is 22.0 Å². The van der Waals surface area contributed by atoms with Gasteiger partial charge in [0.05, 0.1) is 16.8 Å². The third-order valence-corrected chi connectivity index (χ3v) is 6.31. The Bertz CT molecular complexity index is 1130. The Labute approximate surface area is 194 Å². The van der Waals surface area contributed by atoms with Crippen LogP contribution in [0.4, 0.5) is 5.69 Å². The van der Waals surface area contributed by atoms with Gasteiger partial charge in [0, 0.05) is 28.3 Å². The lowest BCUT2D eigenvalue weighted by Gasteiger charge is -2.30. The zero-order valence-corrected chi connectivity index (χ0v) is 18.2. The van der Waals surface area contributed by atoms with E-state index < -0.39 is 46.8 Å². The summed E-state index contributed by atoms with van der Waals surface area (Å²) in [7, 11) is 0. The van der Waals surface area contributed by atoms with Crippen LogP contribution in [0.5, 0.6) is 0 Å². The van der Waals surface area contributed by atoms with Crippen LogP contribution in [0.25, 0.3) is 0 Å². The van der Waals surface area contributed by atoms with Gasteiger partial charge in [0.1, 0.15) is 6.54 Å². The van der Waals surface area contributed by atoms with Crippen LogP contribution in [-0.2, 0) is 9.59 Å². The Morgan fingerprint density at radius 3 is 2.18 bits per heavy atom. The summed E-state index contributed by atoms with van der Waals surface area (Å²) in [5.41, 5.74) is -0.146. The van der Waals surface area contributed by atoms with Crippen LogP contribution >= 0.6 is 11.6 Å². The molecule has 1 saturated carbocycles. The topological polar surface area (TPSA) is 118 Å². The van der Waals surface area contributed by atoms with Crippen molar-refractivity contribution in [2.24, 2.45) is 11.8 Å². The van der Waals surface area contributed by atoms with E-state index in [1.165, 1.54) is 42.5 Å². The summed E-state index contributed by atoms with van der Waals surface area (Å²) in [4.78, 5) is 63.1. The highest BCUT2D eigenvalue weighted by Gasteiger charge is 2.51. The number of ketones is 1. The van der Waals surface area contributed by atoms with E-state index in [9.17, 15) is 29.3 Å². The number of amides is 3. The van der Waals surface area contributed by atoms with E-state index in [2.05, 4.69) is 0 Å². The van der Waals surface area contributed by atoms with Crippen molar-refractivity contribution < 1.29 is 24.1 Å². The molecular formula is C23H20ClN3O6. The fourth-order valence-corrected chi connectivity index (χ4v) is 4.50. The van der Waals surface area contributed by atoms with Crippen LogP contribution < -0.4 is 0 Å². The Morgan fingerprint density at radius 2 is 1.61 bits per heavy atom. The molecule has 0 N–H and O–H groups in total. The molecule has 33 heavy (non-hydrogen) atoms. The number of hydrazine groups is 1. The normalized spacial score (nSPS) is 19.8. The van der Waals surface area contributed by atoms with E-state index in [4.69, 9.17) is 11.6 Å². The zero-order valence-electron chi connectivity index (χ0n) is 17.5. The molecule has 9 nitrogen and oxygen atoms in total. The van der Waals surface area contributed by atoms with Gasteiger partial charge in [-0.3, -0.25) is 29.3 Å². The molecule has 0 aromatic heterocycles. The predicted molar refractivity (Wildman–Crippen MR) is 117 cm³/mol. The van der Waals surface area contributed by atoms with Gasteiger partial charge in [0.25, 0.3) is 23.4 Å². The van der Waals surface area contributed by atoms with Crippen molar-refractivity contribution in [2.45, 2.75) is 25.7 Å². The lowest BCUT2D eigenvalue weighted by molar-refractivity contribution is -0.384. The van der Waals surface area contributed by atoms with Crippen molar-refractivity contribution in [3.05, 3.63) is 74.8 Å². The minimum atomic E-state index is -0.717. The molecule has 2 aromatic carbocycles. The molecule has 1 aliphatic heterocycles. The van der Waals surface area contributed by atoms with E-state index in [-0.39, 0.29) is 16.8 Å². The maximum atomic E-state index is 13.4. The maximum Gasteiger partial charge on any atom is 0.273 e. The molecule has 2 fully saturated rings. The first-order valence-electron chi connectivity index (χ1n) is 10.5. The molecule has 0 radical (unpaired) electrons. The molecule has 2 aliphatic rings. The molecule has 1 saturated heterocycles. The summed E-state index contributed by atoms with van der Waals surface area (Å²) in [5.74, 6) is -3.39. The predicted octanol–water partition coefficient (Wildman–Crippen LogP) is 3.66. The minimum Gasteiger partial charge on any atom is -0.292 e. The number of hydrogen-bond acceptors (Lipinski definition) is 6. The Balaban J connectivity index is 1.69. The molecule has 3 amide bonds. The number of fused-ring (bicyclic) bond motifs is 1. The SMILES string of the molecule is O=C(CN(C(=O)c1ccc(Cl)cc1)N1C(=O)[C@H]2CCCC[C@@H]2C1=O)c1cccc([N+](=O)[O-])c1. The fraction of sp³-hybridized carbons (Fsp3) is 0.304. The standard InChI is InChI=1S/C23H20ClN3O6/c24-16-10-8-14(9-11-16)21(29)25(13-20(28)15-4-3-5-17(12-15)27(32)33)26-22(30)18-6-1-2-7-19(18)23(26)31/h3-5,8-12,18-19H,1-2,6-7,13H2/t18-,19-/m0/s1. The van der Waals surface area contributed by atoms with E-state index in [1.807, 2.05) is 0 Å². The van der Waals surface area contributed by atoms with E-state index in [1.54, 1.807) is 0 Å². The van der Waals surface area contributed by atoms with Gasteiger partial charge in [0.2, 0.25) is 0 Å². The third kappa shape index (κ3) is 4.36. The van der Waals surface area contributed by atoms with E-state index >= 15 is 0 Å². The lowest BCUT2D eigenvalue weighted by atomic mass is 9.81. The molecule has 0 spiro atoms. The Kier molecular flexibility index (Phi) is 6.24. The number of hydrogen-bond donors (Lipinski definition) is 0. The van der Waals surface area contributed by atoms with Crippen LogP contribution in [0.1, 0.15) is 46.4 Å². The number of nitro benzene ring substituents is 1. The van der Waals surface area contributed by atoms with Crippen molar-refractivity contribution in [3.8, 4) is 0 Å². The average molecular weight is 470 g/mol.